The topological polar surface area (TPSA) is 61.8 Å². The Morgan fingerprint density at radius 1 is 1.20 bits per heavy atom. The molecule has 106 valence electrons. The molecule has 2 fully saturated rings. The van der Waals surface area contributed by atoms with Crippen LogP contribution in [0.5, 0.6) is 0 Å². The van der Waals surface area contributed by atoms with Crippen molar-refractivity contribution in [1.29, 1.82) is 0 Å². The molecule has 0 amide bonds. The van der Waals surface area contributed by atoms with E-state index in [0.717, 1.165) is 0 Å². The van der Waals surface area contributed by atoms with Crippen molar-refractivity contribution >= 4 is 11.8 Å². The third kappa shape index (κ3) is 2.59. The Morgan fingerprint density at radius 2 is 1.90 bits per heavy atom. The molecular formula is C15H16O5. The van der Waals surface area contributed by atoms with Crippen molar-refractivity contribution in [2.75, 3.05) is 13.2 Å². The molecule has 20 heavy (non-hydrogen) atoms. The molecule has 1 aliphatic heterocycles. The van der Waals surface area contributed by atoms with Crippen LogP contribution in [0, 0.1) is 0 Å². The molecule has 2 aliphatic rings. The van der Waals surface area contributed by atoms with Crippen molar-refractivity contribution in [1.82, 2.24) is 0 Å². The average Bonchev–Trinajstić information content (AvgIpc) is 2.92. The number of rotatable bonds is 2. The van der Waals surface area contributed by atoms with Crippen LogP contribution in [0.4, 0.5) is 0 Å². The molecule has 1 aromatic rings. The van der Waals surface area contributed by atoms with E-state index < -0.39 is 17.9 Å². The first-order valence-corrected chi connectivity index (χ1v) is 6.75. The molecule has 1 spiro atoms. The smallest absolute Gasteiger partial charge is 0.338 e. The van der Waals surface area contributed by atoms with Gasteiger partial charge in [0.05, 0.1) is 18.8 Å². The van der Waals surface area contributed by atoms with Gasteiger partial charge in [-0.05, 0) is 12.1 Å². The third-order valence-electron chi connectivity index (χ3n) is 3.68. The first-order valence-electron chi connectivity index (χ1n) is 6.75. The molecule has 1 aromatic carbocycles. The molecular weight excluding hydrogens is 260 g/mol. The van der Waals surface area contributed by atoms with Gasteiger partial charge in [0.15, 0.2) is 17.7 Å². The van der Waals surface area contributed by atoms with Gasteiger partial charge in [0.25, 0.3) is 0 Å². The van der Waals surface area contributed by atoms with Gasteiger partial charge in [-0.1, -0.05) is 18.2 Å². The first-order chi connectivity index (χ1) is 9.69. The Morgan fingerprint density at radius 3 is 2.60 bits per heavy atom. The summed E-state index contributed by atoms with van der Waals surface area (Å²) in [4.78, 5) is 23.9. The van der Waals surface area contributed by atoms with Gasteiger partial charge in [-0.25, -0.2) is 4.79 Å². The molecule has 5 heteroatoms. The van der Waals surface area contributed by atoms with Crippen molar-refractivity contribution in [2.45, 2.75) is 31.2 Å². The number of ketones is 1. The third-order valence-corrected chi connectivity index (χ3v) is 3.68. The van der Waals surface area contributed by atoms with Crippen LogP contribution in [0.3, 0.4) is 0 Å². The van der Waals surface area contributed by atoms with E-state index in [1.165, 1.54) is 0 Å². The zero-order valence-electron chi connectivity index (χ0n) is 11.0. The maximum atomic E-state index is 12.0. The molecule has 1 saturated carbocycles. The highest BCUT2D eigenvalue weighted by Crippen LogP contribution is 2.35. The van der Waals surface area contributed by atoms with E-state index in [1.807, 2.05) is 6.07 Å². The Balaban J connectivity index is 1.69. The summed E-state index contributed by atoms with van der Waals surface area (Å²) in [5, 5.41) is 0. The highest BCUT2D eigenvalue weighted by Gasteiger charge is 2.46. The first kappa shape index (κ1) is 13.3. The predicted molar refractivity (Wildman–Crippen MR) is 69.1 cm³/mol. The minimum absolute atomic E-state index is 0.0704. The van der Waals surface area contributed by atoms with Crippen LogP contribution < -0.4 is 0 Å². The predicted octanol–water partition coefficient (Wildman–Crippen LogP) is 1.71. The summed E-state index contributed by atoms with van der Waals surface area (Å²) < 4.78 is 16.5. The molecule has 0 unspecified atom stereocenters. The fourth-order valence-corrected chi connectivity index (χ4v) is 2.61. The van der Waals surface area contributed by atoms with Crippen LogP contribution >= 0.6 is 0 Å². The number of carbonyl (C=O) groups is 2. The van der Waals surface area contributed by atoms with Gasteiger partial charge in [0.1, 0.15) is 0 Å². The van der Waals surface area contributed by atoms with Crippen molar-refractivity contribution in [3.05, 3.63) is 35.9 Å². The van der Waals surface area contributed by atoms with E-state index in [2.05, 4.69) is 0 Å². The van der Waals surface area contributed by atoms with Crippen LogP contribution in [0.1, 0.15) is 29.6 Å². The summed E-state index contributed by atoms with van der Waals surface area (Å²) in [5.41, 5.74) is 0.438. The Kier molecular flexibility index (Phi) is 3.54. The molecule has 0 aromatic heterocycles. The van der Waals surface area contributed by atoms with Gasteiger partial charge < -0.3 is 14.2 Å². The van der Waals surface area contributed by atoms with E-state index in [9.17, 15) is 9.59 Å². The summed E-state index contributed by atoms with van der Waals surface area (Å²) in [6.07, 6.45) is 0.345. The van der Waals surface area contributed by atoms with E-state index >= 15 is 0 Å². The lowest BCUT2D eigenvalue weighted by Crippen LogP contribution is -2.45. The van der Waals surface area contributed by atoms with Crippen LogP contribution in [0.25, 0.3) is 0 Å². The van der Waals surface area contributed by atoms with E-state index in [1.54, 1.807) is 24.3 Å². The maximum Gasteiger partial charge on any atom is 0.338 e. The Labute approximate surface area is 116 Å². The molecule has 1 aliphatic carbocycles. The van der Waals surface area contributed by atoms with E-state index in [4.69, 9.17) is 14.2 Å². The van der Waals surface area contributed by atoms with Gasteiger partial charge in [0, 0.05) is 19.3 Å². The van der Waals surface area contributed by atoms with Crippen LogP contribution in [0.2, 0.25) is 0 Å². The average molecular weight is 276 g/mol. The lowest BCUT2D eigenvalue weighted by molar-refractivity contribution is -0.196. The highest BCUT2D eigenvalue weighted by atomic mass is 16.7. The number of esters is 1. The normalized spacial score (nSPS) is 24.8. The minimum Gasteiger partial charge on any atom is -0.451 e. The SMILES string of the molecule is O=C(O[C@H]1CC2(CCC1=O)OCCO2)c1ccccc1. The summed E-state index contributed by atoms with van der Waals surface area (Å²) in [6.45, 7) is 1.04. The quantitative estimate of drug-likeness (QED) is 0.769. The second-order valence-electron chi connectivity index (χ2n) is 5.04. The lowest BCUT2D eigenvalue weighted by Gasteiger charge is -2.34. The summed E-state index contributed by atoms with van der Waals surface area (Å²) >= 11 is 0. The van der Waals surface area contributed by atoms with Crippen LogP contribution in [-0.4, -0.2) is 36.9 Å². The number of Topliss-reactive ketones (excluding diaryl/α,β-unsaturated/α-hetero) is 1. The van der Waals surface area contributed by atoms with Crippen molar-refractivity contribution in [3.63, 3.8) is 0 Å². The number of benzene rings is 1. The van der Waals surface area contributed by atoms with Crippen LogP contribution in [-0.2, 0) is 19.0 Å². The number of hydrogen-bond donors (Lipinski definition) is 0. The summed E-state index contributed by atoms with van der Waals surface area (Å²) in [5.74, 6) is -1.30. The van der Waals surface area contributed by atoms with E-state index in [0.29, 0.717) is 31.6 Å². The lowest BCUT2D eigenvalue weighted by atomic mass is 9.90. The standard InChI is InChI=1S/C15H16O5/c16-12-6-7-15(18-8-9-19-15)10-13(12)20-14(17)11-4-2-1-3-5-11/h1-5,13H,6-10H2/t13-/m0/s1. The molecule has 0 N–H and O–H groups in total. The number of hydrogen-bond acceptors (Lipinski definition) is 5. The monoisotopic (exact) mass is 276 g/mol. The molecule has 3 rings (SSSR count). The molecule has 5 nitrogen and oxygen atoms in total. The maximum absolute atomic E-state index is 12.0. The van der Waals surface area contributed by atoms with Crippen LogP contribution in [0.15, 0.2) is 30.3 Å². The summed E-state index contributed by atoms with van der Waals surface area (Å²) in [7, 11) is 0. The fourth-order valence-electron chi connectivity index (χ4n) is 2.61. The van der Waals surface area contributed by atoms with Gasteiger partial charge in [0.2, 0.25) is 0 Å². The number of ether oxygens (including phenoxy) is 3. The zero-order chi connectivity index (χ0) is 14.0. The van der Waals surface area contributed by atoms with Gasteiger partial charge in [-0.2, -0.15) is 0 Å². The number of carbonyl (C=O) groups excluding carboxylic acids is 2. The van der Waals surface area contributed by atoms with Gasteiger partial charge in [-0.15, -0.1) is 0 Å². The second-order valence-corrected chi connectivity index (χ2v) is 5.04. The van der Waals surface area contributed by atoms with Crippen molar-refractivity contribution in [2.24, 2.45) is 0 Å². The highest BCUT2D eigenvalue weighted by molar-refractivity contribution is 5.93. The Hall–Kier alpha value is -1.72. The van der Waals surface area contributed by atoms with E-state index in [-0.39, 0.29) is 12.2 Å². The molecule has 1 atom stereocenters. The Bertz CT molecular complexity index is 504. The minimum atomic E-state index is -0.783. The fraction of sp³-hybridized carbons (Fsp3) is 0.467. The largest absolute Gasteiger partial charge is 0.451 e. The second kappa shape index (κ2) is 5.34. The molecule has 0 bridgehead atoms. The molecule has 1 saturated heterocycles. The summed E-state index contributed by atoms with van der Waals surface area (Å²) in [6, 6.07) is 8.65. The van der Waals surface area contributed by atoms with Crippen molar-refractivity contribution < 1.29 is 23.8 Å². The molecule has 1 heterocycles. The van der Waals surface area contributed by atoms with Crippen molar-refractivity contribution in [3.8, 4) is 0 Å². The van der Waals surface area contributed by atoms with Gasteiger partial charge >= 0.3 is 5.97 Å². The zero-order valence-corrected chi connectivity index (χ0v) is 11.0. The van der Waals surface area contributed by atoms with Gasteiger partial charge in [-0.3, -0.25) is 4.79 Å². The molecule has 0 radical (unpaired) electrons.